The zero-order chi connectivity index (χ0) is 17.1. The number of hydrogen-bond donors (Lipinski definition) is 1. The first-order valence-corrected chi connectivity index (χ1v) is 9.04. The lowest BCUT2D eigenvalue weighted by atomic mass is 10.1. The maximum Gasteiger partial charge on any atom is 0.239 e. The highest BCUT2D eigenvalue weighted by Gasteiger charge is 2.20. The fraction of sp³-hybridized carbons (Fsp3) is 0.267. The predicted molar refractivity (Wildman–Crippen MR) is 94.7 cm³/mol. The van der Waals surface area contributed by atoms with Crippen molar-refractivity contribution in [1.82, 2.24) is 25.2 Å². The van der Waals surface area contributed by atoms with Gasteiger partial charge in [0.15, 0.2) is 5.13 Å². The van der Waals surface area contributed by atoms with E-state index >= 15 is 0 Å². The third-order valence-corrected chi connectivity index (χ3v) is 5.28. The van der Waals surface area contributed by atoms with Crippen LogP contribution in [0.25, 0.3) is 5.69 Å². The van der Waals surface area contributed by atoms with Crippen molar-refractivity contribution < 1.29 is 4.79 Å². The molecule has 0 aliphatic carbocycles. The number of aromatic nitrogens is 5. The fourth-order valence-corrected chi connectivity index (χ4v) is 3.40. The van der Waals surface area contributed by atoms with E-state index in [-0.39, 0.29) is 11.2 Å². The SMILES string of the molecule is Cc1cccc(-n2nnnc2S[C@H](C)C(=O)Nc2nccs2)c1C. The molecule has 0 radical (unpaired) electrons. The van der Waals surface area contributed by atoms with Gasteiger partial charge in [-0.1, -0.05) is 23.9 Å². The average molecular weight is 360 g/mol. The second-order valence-electron chi connectivity index (χ2n) is 5.18. The van der Waals surface area contributed by atoms with Crippen LogP contribution in [0.5, 0.6) is 0 Å². The summed E-state index contributed by atoms with van der Waals surface area (Å²) < 4.78 is 1.67. The van der Waals surface area contributed by atoms with E-state index in [1.807, 2.05) is 44.4 Å². The van der Waals surface area contributed by atoms with Crippen molar-refractivity contribution >= 4 is 34.1 Å². The van der Waals surface area contributed by atoms with Gasteiger partial charge in [-0.25, -0.2) is 4.98 Å². The molecule has 2 aromatic heterocycles. The lowest BCUT2D eigenvalue weighted by Crippen LogP contribution is -2.22. The summed E-state index contributed by atoms with van der Waals surface area (Å²) in [5, 5.41) is 17.3. The van der Waals surface area contributed by atoms with Crippen molar-refractivity contribution in [3.8, 4) is 5.69 Å². The molecule has 2 heterocycles. The molecule has 124 valence electrons. The van der Waals surface area contributed by atoms with Gasteiger partial charge in [0.25, 0.3) is 0 Å². The van der Waals surface area contributed by atoms with Crippen LogP contribution in [0.2, 0.25) is 0 Å². The maximum atomic E-state index is 12.3. The molecule has 0 saturated heterocycles. The minimum absolute atomic E-state index is 0.134. The van der Waals surface area contributed by atoms with E-state index in [4.69, 9.17) is 0 Å². The standard InChI is InChI=1S/C15H16N6OS2/c1-9-5-4-6-12(10(9)2)21-15(18-19-20-21)24-11(3)13(22)17-14-16-7-8-23-14/h4-8,11H,1-3H3,(H,16,17,22)/t11-/m1/s1. The number of carbonyl (C=O) groups is 1. The Morgan fingerprint density at radius 1 is 1.38 bits per heavy atom. The highest BCUT2D eigenvalue weighted by atomic mass is 32.2. The first-order valence-electron chi connectivity index (χ1n) is 7.28. The summed E-state index contributed by atoms with van der Waals surface area (Å²) in [4.78, 5) is 16.3. The quantitative estimate of drug-likeness (QED) is 0.704. The Bertz CT molecular complexity index is 846. The Hall–Kier alpha value is -2.26. The van der Waals surface area contributed by atoms with Gasteiger partial charge in [-0.15, -0.1) is 16.4 Å². The molecule has 3 rings (SSSR count). The highest BCUT2D eigenvalue weighted by Crippen LogP contribution is 2.26. The fourth-order valence-electron chi connectivity index (χ4n) is 2.07. The van der Waals surface area contributed by atoms with E-state index in [2.05, 4.69) is 25.8 Å². The number of nitrogens with zero attached hydrogens (tertiary/aromatic N) is 5. The summed E-state index contributed by atoms with van der Waals surface area (Å²) in [5.41, 5.74) is 3.18. The maximum absolute atomic E-state index is 12.3. The van der Waals surface area contributed by atoms with Crippen LogP contribution < -0.4 is 5.32 Å². The minimum Gasteiger partial charge on any atom is -0.301 e. The largest absolute Gasteiger partial charge is 0.301 e. The van der Waals surface area contributed by atoms with Gasteiger partial charge in [-0.3, -0.25) is 4.79 Å². The lowest BCUT2D eigenvalue weighted by molar-refractivity contribution is -0.115. The van der Waals surface area contributed by atoms with E-state index in [1.165, 1.54) is 23.1 Å². The summed E-state index contributed by atoms with van der Waals surface area (Å²) in [7, 11) is 0. The van der Waals surface area contributed by atoms with Crippen molar-refractivity contribution in [3.05, 3.63) is 40.9 Å². The molecule has 7 nitrogen and oxygen atoms in total. The van der Waals surface area contributed by atoms with Gasteiger partial charge in [-0.2, -0.15) is 4.68 Å². The monoisotopic (exact) mass is 360 g/mol. The number of thioether (sulfide) groups is 1. The van der Waals surface area contributed by atoms with Crippen molar-refractivity contribution in [2.45, 2.75) is 31.2 Å². The molecule has 24 heavy (non-hydrogen) atoms. The summed E-state index contributed by atoms with van der Waals surface area (Å²) in [6, 6.07) is 5.97. The van der Waals surface area contributed by atoms with Crippen LogP contribution in [-0.4, -0.2) is 36.3 Å². The Labute approximate surface area is 147 Å². The molecule has 0 unspecified atom stereocenters. The number of tetrazole rings is 1. The molecule has 0 spiro atoms. The van der Waals surface area contributed by atoms with Gasteiger partial charge in [-0.05, 0) is 48.4 Å². The number of aryl methyl sites for hydroxylation is 1. The molecule has 1 atom stereocenters. The zero-order valence-corrected chi connectivity index (χ0v) is 15.1. The van der Waals surface area contributed by atoms with Crippen molar-refractivity contribution in [1.29, 1.82) is 0 Å². The van der Waals surface area contributed by atoms with Crippen LogP contribution in [0.1, 0.15) is 18.1 Å². The van der Waals surface area contributed by atoms with Gasteiger partial charge >= 0.3 is 0 Å². The Morgan fingerprint density at radius 2 is 2.21 bits per heavy atom. The zero-order valence-electron chi connectivity index (χ0n) is 13.4. The normalized spacial score (nSPS) is 12.1. The summed E-state index contributed by atoms with van der Waals surface area (Å²) in [5.74, 6) is -0.134. The van der Waals surface area contributed by atoms with Crippen LogP contribution in [0.15, 0.2) is 34.9 Å². The number of carbonyl (C=O) groups excluding carboxylic acids is 1. The van der Waals surface area contributed by atoms with Crippen LogP contribution in [0, 0.1) is 13.8 Å². The second-order valence-corrected chi connectivity index (χ2v) is 7.38. The summed E-state index contributed by atoms with van der Waals surface area (Å²) in [6.07, 6.45) is 1.65. The summed E-state index contributed by atoms with van der Waals surface area (Å²) >= 11 is 2.69. The molecule has 1 amide bonds. The number of anilines is 1. The molecule has 1 N–H and O–H groups in total. The van der Waals surface area contributed by atoms with Crippen LogP contribution in [0.3, 0.4) is 0 Å². The number of amides is 1. The van der Waals surface area contributed by atoms with E-state index in [0.29, 0.717) is 10.3 Å². The van der Waals surface area contributed by atoms with Gasteiger partial charge in [0.1, 0.15) is 0 Å². The van der Waals surface area contributed by atoms with Gasteiger partial charge in [0, 0.05) is 11.6 Å². The van der Waals surface area contributed by atoms with Crippen molar-refractivity contribution in [2.75, 3.05) is 5.32 Å². The number of benzene rings is 1. The van der Waals surface area contributed by atoms with E-state index in [9.17, 15) is 4.79 Å². The average Bonchev–Trinajstić information content (AvgIpc) is 3.22. The molecule has 9 heteroatoms. The second kappa shape index (κ2) is 7.10. The third kappa shape index (κ3) is 3.46. The van der Waals surface area contributed by atoms with Gasteiger partial charge < -0.3 is 5.32 Å². The van der Waals surface area contributed by atoms with Crippen molar-refractivity contribution in [2.24, 2.45) is 0 Å². The minimum atomic E-state index is -0.358. The molecule has 3 aromatic rings. The topological polar surface area (TPSA) is 85.6 Å². The number of nitrogens with one attached hydrogen (secondary N) is 1. The molecule has 0 aliphatic rings. The molecule has 1 aromatic carbocycles. The lowest BCUT2D eigenvalue weighted by Gasteiger charge is -2.12. The number of rotatable bonds is 5. The molecule has 0 saturated carbocycles. The summed E-state index contributed by atoms with van der Waals surface area (Å²) in [6.45, 7) is 5.88. The van der Waals surface area contributed by atoms with E-state index < -0.39 is 0 Å². The van der Waals surface area contributed by atoms with Crippen molar-refractivity contribution in [3.63, 3.8) is 0 Å². The first-order chi connectivity index (χ1) is 11.6. The first kappa shape index (κ1) is 16.6. The molecular weight excluding hydrogens is 344 g/mol. The highest BCUT2D eigenvalue weighted by molar-refractivity contribution is 8.00. The molecule has 0 fully saturated rings. The van der Waals surface area contributed by atoms with Gasteiger partial charge in [0.05, 0.1) is 10.9 Å². The van der Waals surface area contributed by atoms with E-state index in [1.54, 1.807) is 10.9 Å². The molecular formula is C15H16N6OS2. The van der Waals surface area contributed by atoms with Crippen LogP contribution in [-0.2, 0) is 4.79 Å². The van der Waals surface area contributed by atoms with E-state index in [0.717, 1.165) is 16.8 Å². The van der Waals surface area contributed by atoms with Crippen LogP contribution in [0.4, 0.5) is 5.13 Å². The number of hydrogen-bond acceptors (Lipinski definition) is 7. The molecule has 0 bridgehead atoms. The van der Waals surface area contributed by atoms with Gasteiger partial charge in [0.2, 0.25) is 11.1 Å². The Kier molecular flexibility index (Phi) is 4.91. The molecule has 0 aliphatic heterocycles. The Morgan fingerprint density at radius 3 is 2.96 bits per heavy atom. The third-order valence-electron chi connectivity index (χ3n) is 3.56. The number of thiazole rings is 1. The smallest absolute Gasteiger partial charge is 0.239 e. The Balaban J connectivity index is 1.78. The van der Waals surface area contributed by atoms with Crippen LogP contribution >= 0.6 is 23.1 Å². The predicted octanol–water partition coefficient (Wildman–Crippen LogP) is 2.85.